The Hall–Kier alpha value is -4.33. The summed E-state index contributed by atoms with van der Waals surface area (Å²) in [5, 5.41) is 5.87. The van der Waals surface area contributed by atoms with Gasteiger partial charge in [0.15, 0.2) is 0 Å². The molecular formula is C38H51N3O5. The van der Waals surface area contributed by atoms with Crippen molar-refractivity contribution in [1.29, 1.82) is 0 Å². The standard InChI is InChI=1S/C38H51N3O5/c1-7-8-9-10-11-15-25-41(36(43)33(27-29-18-13-12-14-19-29)40-37(44)46-38(3,4)5)34(30-20-16-17-28(2)26-30)35(42)39-31-21-23-32(45-6)24-22-31/h12-14,16-24,26,33-34H,7-11,15,25,27H2,1-6H3,(H,39,42)(H,40,44). The average molecular weight is 630 g/mol. The zero-order valence-corrected chi connectivity index (χ0v) is 28.3. The molecule has 46 heavy (non-hydrogen) atoms. The Morgan fingerprint density at radius 3 is 2.15 bits per heavy atom. The van der Waals surface area contributed by atoms with E-state index in [0.717, 1.165) is 49.7 Å². The topological polar surface area (TPSA) is 97.0 Å². The number of rotatable bonds is 16. The van der Waals surface area contributed by atoms with Crippen molar-refractivity contribution in [2.75, 3.05) is 19.0 Å². The Balaban J connectivity index is 2.03. The number of aryl methyl sites for hydroxylation is 1. The fourth-order valence-electron chi connectivity index (χ4n) is 5.33. The van der Waals surface area contributed by atoms with Gasteiger partial charge in [-0.2, -0.15) is 0 Å². The van der Waals surface area contributed by atoms with Crippen LogP contribution < -0.4 is 15.4 Å². The maximum absolute atomic E-state index is 14.7. The maximum atomic E-state index is 14.7. The maximum Gasteiger partial charge on any atom is 0.408 e. The Bertz CT molecular complexity index is 1390. The van der Waals surface area contributed by atoms with Crippen molar-refractivity contribution in [2.24, 2.45) is 0 Å². The minimum absolute atomic E-state index is 0.243. The van der Waals surface area contributed by atoms with Crippen LogP contribution >= 0.6 is 0 Å². The van der Waals surface area contributed by atoms with Gasteiger partial charge in [0.05, 0.1) is 7.11 Å². The number of benzene rings is 3. The van der Waals surface area contributed by atoms with Gasteiger partial charge in [-0.15, -0.1) is 0 Å². The summed E-state index contributed by atoms with van der Waals surface area (Å²) < 4.78 is 10.8. The van der Waals surface area contributed by atoms with Crippen LogP contribution in [-0.2, 0) is 20.7 Å². The third-order valence-corrected chi connectivity index (χ3v) is 7.58. The highest BCUT2D eigenvalue weighted by molar-refractivity contribution is 5.99. The van der Waals surface area contributed by atoms with Crippen LogP contribution in [0.25, 0.3) is 0 Å². The highest BCUT2D eigenvalue weighted by atomic mass is 16.6. The summed E-state index contributed by atoms with van der Waals surface area (Å²) in [6.45, 7) is 9.83. The number of carbonyl (C=O) groups is 3. The van der Waals surface area contributed by atoms with Gasteiger partial charge in [0.25, 0.3) is 5.91 Å². The van der Waals surface area contributed by atoms with Crippen molar-refractivity contribution < 1.29 is 23.9 Å². The first-order chi connectivity index (χ1) is 22.0. The highest BCUT2D eigenvalue weighted by Gasteiger charge is 2.36. The van der Waals surface area contributed by atoms with Crippen molar-refractivity contribution >= 4 is 23.6 Å². The van der Waals surface area contributed by atoms with E-state index in [-0.39, 0.29) is 18.2 Å². The third-order valence-electron chi connectivity index (χ3n) is 7.58. The van der Waals surface area contributed by atoms with E-state index < -0.39 is 23.8 Å². The number of unbranched alkanes of at least 4 members (excludes halogenated alkanes) is 5. The molecule has 0 saturated heterocycles. The summed E-state index contributed by atoms with van der Waals surface area (Å²) in [5.74, 6) is -0.0180. The van der Waals surface area contributed by atoms with E-state index >= 15 is 0 Å². The van der Waals surface area contributed by atoms with Crippen LogP contribution in [0.4, 0.5) is 10.5 Å². The fourth-order valence-corrected chi connectivity index (χ4v) is 5.33. The molecule has 2 N–H and O–H groups in total. The molecule has 0 aromatic heterocycles. The first kappa shape index (κ1) is 36.1. The van der Waals surface area contributed by atoms with Gasteiger partial charge in [-0.3, -0.25) is 9.59 Å². The zero-order valence-electron chi connectivity index (χ0n) is 28.3. The van der Waals surface area contributed by atoms with Gasteiger partial charge in [0.1, 0.15) is 23.4 Å². The van der Waals surface area contributed by atoms with Crippen LogP contribution in [0.15, 0.2) is 78.9 Å². The Kier molecular flexibility index (Phi) is 14.1. The smallest absolute Gasteiger partial charge is 0.408 e. The molecule has 8 nitrogen and oxygen atoms in total. The predicted molar refractivity (Wildman–Crippen MR) is 184 cm³/mol. The summed E-state index contributed by atoms with van der Waals surface area (Å²) in [6.07, 6.45) is 5.68. The molecule has 0 radical (unpaired) electrons. The predicted octanol–water partition coefficient (Wildman–Crippen LogP) is 8.01. The van der Waals surface area contributed by atoms with E-state index in [1.54, 1.807) is 57.0 Å². The molecule has 2 atom stereocenters. The van der Waals surface area contributed by atoms with Crippen molar-refractivity contribution in [2.45, 2.75) is 97.2 Å². The fraction of sp³-hybridized carbons (Fsp3) is 0.447. The number of hydrogen-bond acceptors (Lipinski definition) is 5. The molecular weight excluding hydrogens is 578 g/mol. The number of anilines is 1. The monoisotopic (exact) mass is 629 g/mol. The molecule has 0 bridgehead atoms. The second kappa shape index (κ2) is 18.0. The van der Waals surface area contributed by atoms with E-state index in [0.29, 0.717) is 23.5 Å². The van der Waals surface area contributed by atoms with Gasteiger partial charge >= 0.3 is 6.09 Å². The summed E-state index contributed by atoms with van der Waals surface area (Å²) in [7, 11) is 1.59. The summed E-state index contributed by atoms with van der Waals surface area (Å²) in [6, 6.07) is 22.4. The van der Waals surface area contributed by atoms with Gasteiger partial charge in [-0.25, -0.2) is 4.79 Å². The van der Waals surface area contributed by atoms with Crippen LogP contribution in [0.2, 0.25) is 0 Å². The van der Waals surface area contributed by atoms with E-state index in [1.165, 1.54) is 0 Å². The molecule has 0 aliphatic carbocycles. The van der Waals surface area contributed by atoms with Crippen molar-refractivity contribution in [3.63, 3.8) is 0 Å². The highest BCUT2D eigenvalue weighted by Crippen LogP contribution is 2.27. The Labute approximate surface area is 274 Å². The van der Waals surface area contributed by atoms with Crippen molar-refractivity contribution in [3.8, 4) is 5.75 Å². The van der Waals surface area contributed by atoms with Crippen LogP contribution in [0.1, 0.15) is 89.0 Å². The molecule has 3 aromatic carbocycles. The molecule has 0 aliphatic rings. The number of carbonyl (C=O) groups excluding carboxylic acids is 3. The summed E-state index contributed by atoms with van der Waals surface area (Å²) in [4.78, 5) is 43.7. The molecule has 0 spiro atoms. The SMILES string of the molecule is CCCCCCCCN(C(=O)C(Cc1ccccc1)NC(=O)OC(C)(C)C)C(C(=O)Nc1ccc(OC)cc1)c1cccc(C)c1. The summed E-state index contributed by atoms with van der Waals surface area (Å²) in [5.41, 5.74) is 2.39. The van der Waals surface area contributed by atoms with Gasteiger partial charge in [-0.05, 0) is 69.5 Å². The van der Waals surface area contributed by atoms with Crippen molar-refractivity contribution in [1.82, 2.24) is 10.2 Å². The van der Waals surface area contributed by atoms with Gasteiger partial charge in [0.2, 0.25) is 5.91 Å². The van der Waals surface area contributed by atoms with Gasteiger partial charge < -0.3 is 25.0 Å². The van der Waals surface area contributed by atoms with Gasteiger partial charge in [-0.1, -0.05) is 99.2 Å². The van der Waals surface area contributed by atoms with Gasteiger partial charge in [0, 0.05) is 18.7 Å². The lowest BCUT2D eigenvalue weighted by Gasteiger charge is -2.35. The molecule has 8 heteroatoms. The minimum Gasteiger partial charge on any atom is -0.497 e. The number of methoxy groups -OCH3 is 1. The zero-order chi connectivity index (χ0) is 33.5. The molecule has 0 heterocycles. The van der Waals surface area contributed by atoms with E-state index in [2.05, 4.69) is 17.6 Å². The van der Waals surface area contributed by atoms with E-state index in [1.807, 2.05) is 61.5 Å². The first-order valence-electron chi connectivity index (χ1n) is 16.4. The molecule has 0 saturated carbocycles. The second-order valence-corrected chi connectivity index (χ2v) is 12.7. The van der Waals surface area contributed by atoms with Crippen LogP contribution in [-0.4, -0.2) is 48.1 Å². The lowest BCUT2D eigenvalue weighted by Crippen LogP contribution is -2.53. The largest absolute Gasteiger partial charge is 0.497 e. The Morgan fingerprint density at radius 1 is 0.848 bits per heavy atom. The lowest BCUT2D eigenvalue weighted by atomic mass is 9.98. The van der Waals surface area contributed by atoms with Crippen LogP contribution in [0.5, 0.6) is 5.75 Å². The van der Waals surface area contributed by atoms with E-state index in [9.17, 15) is 14.4 Å². The second-order valence-electron chi connectivity index (χ2n) is 12.7. The number of amides is 3. The normalized spacial score (nSPS) is 12.5. The average Bonchev–Trinajstić information content (AvgIpc) is 3.01. The minimum atomic E-state index is -0.960. The number of alkyl carbamates (subject to hydrolysis) is 1. The van der Waals surface area contributed by atoms with Crippen molar-refractivity contribution in [3.05, 3.63) is 95.6 Å². The number of ether oxygens (including phenoxy) is 2. The van der Waals surface area contributed by atoms with Crippen LogP contribution in [0.3, 0.4) is 0 Å². The number of nitrogens with zero attached hydrogens (tertiary/aromatic N) is 1. The number of hydrogen-bond donors (Lipinski definition) is 2. The molecule has 3 amide bonds. The molecule has 2 unspecified atom stereocenters. The summed E-state index contributed by atoms with van der Waals surface area (Å²) >= 11 is 0. The number of nitrogens with one attached hydrogen (secondary N) is 2. The molecule has 0 aliphatic heterocycles. The van der Waals surface area contributed by atoms with E-state index in [4.69, 9.17) is 9.47 Å². The third kappa shape index (κ3) is 11.9. The first-order valence-corrected chi connectivity index (χ1v) is 16.4. The lowest BCUT2D eigenvalue weighted by molar-refractivity contribution is -0.140. The molecule has 3 rings (SSSR count). The molecule has 248 valence electrons. The molecule has 0 fully saturated rings. The molecule has 3 aromatic rings. The van der Waals surface area contributed by atoms with Crippen LogP contribution in [0, 0.1) is 6.92 Å². The quantitative estimate of drug-likeness (QED) is 0.157. The Morgan fingerprint density at radius 2 is 1.52 bits per heavy atom.